The molecule has 1 aliphatic heterocycles. The van der Waals surface area contributed by atoms with E-state index in [9.17, 15) is 9.59 Å². The van der Waals surface area contributed by atoms with E-state index in [2.05, 4.69) is 11.9 Å². The van der Waals surface area contributed by atoms with Gasteiger partial charge in [0.25, 0.3) is 0 Å². The Morgan fingerprint density at radius 3 is 2.50 bits per heavy atom. The number of hydrogen-bond acceptors (Lipinski definition) is 4. The van der Waals surface area contributed by atoms with Gasteiger partial charge in [0.15, 0.2) is 0 Å². The Morgan fingerprint density at radius 1 is 1.44 bits per heavy atom. The van der Waals surface area contributed by atoms with Crippen LogP contribution in [0.2, 0.25) is 0 Å². The lowest BCUT2D eigenvalue weighted by atomic mass is 9.96. The lowest BCUT2D eigenvalue weighted by molar-refractivity contribution is -0.141. The number of hydrogen-bond donors (Lipinski definition) is 2. The third kappa shape index (κ3) is 4.62. The molecule has 0 spiro atoms. The third-order valence-electron chi connectivity index (χ3n) is 3.46. The number of rotatable bonds is 5. The van der Waals surface area contributed by atoms with Gasteiger partial charge in [-0.3, -0.25) is 9.59 Å². The molecule has 1 fully saturated rings. The number of likely N-dealkylation sites (N-methyl/N-ethyl adjacent to an activating group) is 1. The first-order chi connectivity index (χ1) is 8.40. The van der Waals surface area contributed by atoms with Crippen molar-refractivity contribution in [2.45, 2.75) is 25.3 Å². The zero-order chi connectivity index (χ0) is 13.7. The predicted octanol–water partition coefficient (Wildman–Crippen LogP) is -0.411. The molecule has 1 amide bonds. The Morgan fingerprint density at radius 2 is 2.00 bits per heavy atom. The Labute approximate surface area is 108 Å². The number of aliphatic carboxylic acids is 1. The number of nitrogens with two attached hydrogens (primary N) is 1. The molecule has 0 aromatic carbocycles. The van der Waals surface area contributed by atoms with Crippen LogP contribution in [-0.2, 0) is 9.59 Å². The van der Waals surface area contributed by atoms with Gasteiger partial charge in [-0.2, -0.15) is 0 Å². The molecule has 104 valence electrons. The second-order valence-electron chi connectivity index (χ2n) is 5.17. The van der Waals surface area contributed by atoms with Gasteiger partial charge in [-0.15, -0.1) is 0 Å². The van der Waals surface area contributed by atoms with Crippen LogP contribution in [0.15, 0.2) is 0 Å². The second kappa shape index (κ2) is 6.70. The standard InChI is InChI=1S/C12H23N3O3/c1-14-5-3-9(4-6-14)8-15(2)12(18)10(13)7-11(16)17/h9-10H,3-8,13H2,1-2H3,(H,16,17). The van der Waals surface area contributed by atoms with Crippen molar-refractivity contribution in [3.05, 3.63) is 0 Å². The average molecular weight is 257 g/mol. The maximum absolute atomic E-state index is 11.8. The van der Waals surface area contributed by atoms with E-state index < -0.39 is 12.0 Å². The molecule has 0 radical (unpaired) electrons. The Bertz CT molecular complexity index is 301. The van der Waals surface area contributed by atoms with Crippen LogP contribution in [0.5, 0.6) is 0 Å². The van der Waals surface area contributed by atoms with Gasteiger partial charge in [-0.25, -0.2) is 0 Å². The molecular weight excluding hydrogens is 234 g/mol. The lowest BCUT2D eigenvalue weighted by Gasteiger charge is -2.32. The minimum absolute atomic E-state index is 0.281. The van der Waals surface area contributed by atoms with Gasteiger partial charge in [-0.1, -0.05) is 0 Å². The fraction of sp³-hybridized carbons (Fsp3) is 0.833. The highest BCUT2D eigenvalue weighted by molar-refractivity contribution is 5.85. The monoisotopic (exact) mass is 257 g/mol. The van der Waals surface area contributed by atoms with Gasteiger partial charge >= 0.3 is 5.97 Å². The first-order valence-corrected chi connectivity index (χ1v) is 6.31. The molecule has 18 heavy (non-hydrogen) atoms. The number of carboxylic acids is 1. The second-order valence-corrected chi connectivity index (χ2v) is 5.17. The molecule has 0 bridgehead atoms. The van der Waals surface area contributed by atoms with Crippen molar-refractivity contribution < 1.29 is 14.7 Å². The summed E-state index contributed by atoms with van der Waals surface area (Å²) in [6.45, 7) is 2.77. The Balaban J connectivity index is 2.37. The lowest BCUT2D eigenvalue weighted by Crippen LogP contribution is -2.45. The van der Waals surface area contributed by atoms with Gasteiger partial charge in [0.2, 0.25) is 5.91 Å². The zero-order valence-electron chi connectivity index (χ0n) is 11.1. The summed E-state index contributed by atoms with van der Waals surface area (Å²) in [5, 5.41) is 8.61. The van der Waals surface area contributed by atoms with Crippen molar-refractivity contribution in [1.82, 2.24) is 9.80 Å². The fourth-order valence-corrected chi connectivity index (χ4v) is 2.28. The van der Waals surface area contributed by atoms with Crippen molar-refractivity contribution >= 4 is 11.9 Å². The molecule has 1 rings (SSSR count). The summed E-state index contributed by atoms with van der Waals surface area (Å²) >= 11 is 0. The first-order valence-electron chi connectivity index (χ1n) is 6.31. The molecule has 1 heterocycles. The van der Waals surface area contributed by atoms with E-state index in [1.807, 2.05) is 0 Å². The Hall–Kier alpha value is -1.14. The van der Waals surface area contributed by atoms with Crippen LogP contribution in [0.1, 0.15) is 19.3 Å². The highest BCUT2D eigenvalue weighted by atomic mass is 16.4. The molecule has 1 atom stereocenters. The third-order valence-corrected chi connectivity index (χ3v) is 3.46. The molecule has 1 aliphatic rings. The maximum atomic E-state index is 11.8. The van der Waals surface area contributed by atoms with Crippen molar-refractivity contribution in [3.8, 4) is 0 Å². The van der Waals surface area contributed by atoms with E-state index in [0.29, 0.717) is 12.5 Å². The highest BCUT2D eigenvalue weighted by Gasteiger charge is 2.24. The normalized spacial score (nSPS) is 19.5. The van der Waals surface area contributed by atoms with Gasteiger partial charge < -0.3 is 20.6 Å². The van der Waals surface area contributed by atoms with E-state index in [1.54, 1.807) is 11.9 Å². The molecule has 1 saturated heterocycles. The summed E-state index contributed by atoms with van der Waals surface area (Å²) < 4.78 is 0. The number of nitrogens with zero attached hydrogens (tertiary/aromatic N) is 2. The smallest absolute Gasteiger partial charge is 0.305 e. The molecular formula is C12H23N3O3. The van der Waals surface area contributed by atoms with Crippen molar-refractivity contribution in [2.75, 3.05) is 33.7 Å². The predicted molar refractivity (Wildman–Crippen MR) is 68.1 cm³/mol. The summed E-state index contributed by atoms with van der Waals surface area (Å²) in [5.41, 5.74) is 5.57. The van der Waals surface area contributed by atoms with Crippen molar-refractivity contribution in [2.24, 2.45) is 11.7 Å². The quantitative estimate of drug-likeness (QED) is 0.699. The minimum atomic E-state index is -1.04. The topological polar surface area (TPSA) is 86.9 Å². The molecule has 0 aromatic heterocycles. The van der Waals surface area contributed by atoms with Gasteiger partial charge in [0.1, 0.15) is 0 Å². The zero-order valence-corrected chi connectivity index (χ0v) is 11.1. The molecule has 0 saturated carbocycles. The van der Waals surface area contributed by atoms with Crippen LogP contribution >= 0.6 is 0 Å². The number of amides is 1. The number of piperidine rings is 1. The van der Waals surface area contributed by atoms with Crippen LogP contribution < -0.4 is 5.73 Å². The minimum Gasteiger partial charge on any atom is -0.481 e. The number of carbonyl (C=O) groups excluding carboxylic acids is 1. The average Bonchev–Trinajstić information content (AvgIpc) is 2.30. The van der Waals surface area contributed by atoms with Crippen molar-refractivity contribution in [1.29, 1.82) is 0 Å². The first kappa shape index (κ1) is 14.9. The SMILES string of the molecule is CN1CCC(CN(C)C(=O)C(N)CC(=O)O)CC1. The van der Waals surface area contributed by atoms with Crippen LogP contribution in [0, 0.1) is 5.92 Å². The maximum Gasteiger partial charge on any atom is 0.305 e. The molecule has 3 N–H and O–H groups in total. The van der Waals surface area contributed by atoms with Gasteiger partial charge in [0, 0.05) is 13.6 Å². The molecule has 6 heteroatoms. The largest absolute Gasteiger partial charge is 0.481 e. The molecule has 6 nitrogen and oxygen atoms in total. The Kier molecular flexibility index (Phi) is 5.55. The van der Waals surface area contributed by atoms with E-state index in [1.165, 1.54) is 0 Å². The fourth-order valence-electron chi connectivity index (χ4n) is 2.28. The summed E-state index contributed by atoms with van der Waals surface area (Å²) in [6.07, 6.45) is 1.83. The van der Waals surface area contributed by atoms with Crippen molar-refractivity contribution in [3.63, 3.8) is 0 Å². The summed E-state index contributed by atoms with van der Waals surface area (Å²) in [6, 6.07) is -0.932. The summed E-state index contributed by atoms with van der Waals surface area (Å²) in [4.78, 5) is 26.2. The van der Waals surface area contributed by atoms with E-state index in [4.69, 9.17) is 10.8 Å². The van der Waals surface area contributed by atoms with E-state index in [-0.39, 0.29) is 12.3 Å². The van der Waals surface area contributed by atoms with Crippen LogP contribution in [0.4, 0.5) is 0 Å². The highest BCUT2D eigenvalue weighted by Crippen LogP contribution is 2.17. The summed E-state index contributed by atoms with van der Waals surface area (Å²) in [5.74, 6) is -0.827. The number of carboxylic acid groups (broad SMARTS) is 1. The van der Waals surface area contributed by atoms with Crippen LogP contribution in [-0.4, -0.2) is 66.6 Å². The number of likely N-dealkylation sites (tertiary alicyclic amines) is 1. The molecule has 1 unspecified atom stereocenters. The van der Waals surface area contributed by atoms with E-state index in [0.717, 1.165) is 25.9 Å². The molecule has 0 aromatic rings. The van der Waals surface area contributed by atoms with Crippen LogP contribution in [0.25, 0.3) is 0 Å². The molecule has 0 aliphatic carbocycles. The van der Waals surface area contributed by atoms with Gasteiger partial charge in [-0.05, 0) is 38.9 Å². The summed E-state index contributed by atoms with van der Waals surface area (Å²) in [7, 11) is 3.79. The van der Waals surface area contributed by atoms with E-state index >= 15 is 0 Å². The number of carbonyl (C=O) groups is 2. The van der Waals surface area contributed by atoms with Gasteiger partial charge in [0.05, 0.1) is 12.5 Å². The van der Waals surface area contributed by atoms with Crippen LogP contribution in [0.3, 0.4) is 0 Å².